The molecule has 33 heavy (non-hydrogen) atoms. The highest BCUT2D eigenvalue weighted by atomic mass is 35.5. The van der Waals surface area contributed by atoms with Gasteiger partial charge < -0.3 is 9.73 Å². The number of thioether (sulfide) groups is 1. The Hall–Kier alpha value is -3.31. The van der Waals surface area contributed by atoms with Crippen molar-refractivity contribution in [2.24, 2.45) is 0 Å². The van der Waals surface area contributed by atoms with Gasteiger partial charge in [-0.1, -0.05) is 41.6 Å². The quantitative estimate of drug-likeness (QED) is 0.350. The monoisotopic (exact) mass is 493 g/mol. The highest BCUT2D eigenvalue weighted by Gasteiger charge is 2.31. The molecule has 170 valence electrons. The molecule has 1 aromatic carbocycles. The van der Waals surface area contributed by atoms with E-state index in [9.17, 15) is 18.0 Å². The SMILES string of the molecule is Cc1occc1-c1nnc(SCC(=O)Nc2ncc(C(F)(F)F)cc2Cl)n1-c1ccccc1. The number of rotatable bonds is 6. The summed E-state index contributed by atoms with van der Waals surface area (Å²) >= 11 is 6.96. The Labute approximate surface area is 195 Å². The van der Waals surface area contributed by atoms with Crippen LogP contribution in [0.15, 0.2) is 64.5 Å². The smallest absolute Gasteiger partial charge is 0.417 e. The third kappa shape index (κ3) is 5.04. The standard InChI is InChI=1S/C21H15ClF3N5O2S/c1-12-15(7-8-32-12)19-28-29-20(30(19)14-5-3-2-4-6-14)33-11-17(31)27-18-16(22)9-13(10-26-18)21(23,24)25/h2-10H,11H2,1H3,(H,26,27,31). The van der Waals surface area contributed by atoms with Gasteiger partial charge in [-0.05, 0) is 31.2 Å². The molecule has 0 bridgehead atoms. The molecule has 0 aliphatic heterocycles. The number of alkyl halides is 3. The Morgan fingerprint density at radius 2 is 1.97 bits per heavy atom. The Kier molecular flexibility index (Phi) is 6.43. The number of hydrogen-bond acceptors (Lipinski definition) is 6. The van der Waals surface area contributed by atoms with Gasteiger partial charge in [-0.2, -0.15) is 13.2 Å². The van der Waals surface area contributed by atoms with Gasteiger partial charge in [0.05, 0.1) is 28.2 Å². The van der Waals surface area contributed by atoms with Crippen molar-refractivity contribution in [1.29, 1.82) is 0 Å². The van der Waals surface area contributed by atoms with E-state index in [2.05, 4.69) is 20.5 Å². The molecule has 7 nitrogen and oxygen atoms in total. The number of benzene rings is 1. The molecular weight excluding hydrogens is 479 g/mol. The van der Waals surface area contributed by atoms with E-state index in [1.807, 2.05) is 30.3 Å². The predicted octanol–water partition coefficient (Wildman–Crippen LogP) is 5.63. The van der Waals surface area contributed by atoms with Crippen LogP contribution in [-0.4, -0.2) is 31.4 Å². The minimum atomic E-state index is -4.58. The molecule has 0 unspecified atom stereocenters. The molecule has 0 aliphatic carbocycles. The van der Waals surface area contributed by atoms with Crippen LogP contribution in [0.25, 0.3) is 17.1 Å². The lowest BCUT2D eigenvalue weighted by Gasteiger charge is -2.11. The number of aryl methyl sites for hydroxylation is 1. The van der Waals surface area contributed by atoms with Crippen LogP contribution in [0.1, 0.15) is 11.3 Å². The van der Waals surface area contributed by atoms with Crippen LogP contribution in [0.4, 0.5) is 19.0 Å². The maximum atomic E-state index is 12.8. The van der Waals surface area contributed by atoms with E-state index < -0.39 is 17.6 Å². The molecule has 0 saturated carbocycles. The predicted molar refractivity (Wildman–Crippen MR) is 117 cm³/mol. The van der Waals surface area contributed by atoms with Gasteiger partial charge in [-0.3, -0.25) is 9.36 Å². The summed E-state index contributed by atoms with van der Waals surface area (Å²) in [5.41, 5.74) is 0.537. The maximum absolute atomic E-state index is 12.8. The summed E-state index contributed by atoms with van der Waals surface area (Å²) in [5, 5.41) is 11.0. The van der Waals surface area contributed by atoms with Gasteiger partial charge in [0.15, 0.2) is 16.8 Å². The molecule has 3 aromatic heterocycles. The Morgan fingerprint density at radius 3 is 2.61 bits per heavy atom. The van der Waals surface area contributed by atoms with Crippen LogP contribution in [0.3, 0.4) is 0 Å². The normalized spacial score (nSPS) is 11.5. The average molecular weight is 494 g/mol. The Bertz CT molecular complexity index is 1290. The average Bonchev–Trinajstić information content (AvgIpc) is 3.39. The zero-order valence-electron chi connectivity index (χ0n) is 16.9. The van der Waals surface area contributed by atoms with Gasteiger partial charge in [0.1, 0.15) is 5.76 Å². The van der Waals surface area contributed by atoms with E-state index in [0.29, 0.717) is 29.0 Å². The van der Waals surface area contributed by atoms with Crippen molar-refractivity contribution in [2.45, 2.75) is 18.3 Å². The molecule has 4 rings (SSSR count). The summed E-state index contributed by atoms with van der Waals surface area (Å²) in [6.45, 7) is 1.81. The van der Waals surface area contributed by atoms with Crippen molar-refractivity contribution in [3.8, 4) is 17.1 Å². The van der Waals surface area contributed by atoms with Gasteiger partial charge in [0.2, 0.25) is 5.91 Å². The largest absolute Gasteiger partial charge is 0.469 e. The number of carbonyl (C=O) groups excluding carboxylic acids is 1. The Morgan fingerprint density at radius 1 is 1.21 bits per heavy atom. The van der Waals surface area contributed by atoms with Gasteiger partial charge in [-0.15, -0.1) is 10.2 Å². The highest BCUT2D eigenvalue weighted by molar-refractivity contribution is 7.99. The van der Waals surface area contributed by atoms with Gasteiger partial charge in [0.25, 0.3) is 0 Å². The van der Waals surface area contributed by atoms with E-state index in [0.717, 1.165) is 23.0 Å². The van der Waals surface area contributed by atoms with E-state index in [4.69, 9.17) is 16.0 Å². The number of nitrogens with one attached hydrogen (secondary N) is 1. The maximum Gasteiger partial charge on any atom is 0.417 e. The fraction of sp³-hybridized carbons (Fsp3) is 0.143. The zero-order valence-corrected chi connectivity index (χ0v) is 18.5. The van der Waals surface area contributed by atoms with E-state index in [1.165, 1.54) is 0 Å². The fourth-order valence-electron chi connectivity index (χ4n) is 2.95. The number of amides is 1. The molecule has 1 N–H and O–H groups in total. The summed E-state index contributed by atoms with van der Waals surface area (Å²) in [6, 6.07) is 11.8. The van der Waals surface area contributed by atoms with Crippen LogP contribution in [0.2, 0.25) is 5.02 Å². The number of anilines is 1. The second-order valence-electron chi connectivity index (χ2n) is 6.76. The summed E-state index contributed by atoms with van der Waals surface area (Å²) in [4.78, 5) is 16.0. The van der Waals surface area contributed by atoms with Crippen LogP contribution in [0, 0.1) is 6.92 Å². The second kappa shape index (κ2) is 9.28. The van der Waals surface area contributed by atoms with Crippen molar-refractivity contribution in [3.63, 3.8) is 0 Å². The molecule has 12 heteroatoms. The molecule has 0 spiro atoms. The molecular formula is C21H15ClF3N5O2S. The molecule has 1 amide bonds. The van der Waals surface area contributed by atoms with Gasteiger partial charge in [0, 0.05) is 11.9 Å². The second-order valence-corrected chi connectivity index (χ2v) is 8.11. The first kappa shape index (κ1) is 22.9. The van der Waals surface area contributed by atoms with Crippen LogP contribution < -0.4 is 5.32 Å². The number of nitrogens with zero attached hydrogens (tertiary/aromatic N) is 4. The molecule has 0 fully saturated rings. The summed E-state index contributed by atoms with van der Waals surface area (Å²) in [7, 11) is 0. The first-order chi connectivity index (χ1) is 15.7. The zero-order chi connectivity index (χ0) is 23.6. The highest BCUT2D eigenvalue weighted by Crippen LogP contribution is 2.33. The van der Waals surface area contributed by atoms with E-state index in [1.54, 1.807) is 23.8 Å². The fourth-order valence-corrected chi connectivity index (χ4v) is 3.91. The number of aromatic nitrogens is 4. The van der Waals surface area contributed by atoms with Crippen molar-refractivity contribution in [3.05, 3.63) is 71.3 Å². The summed E-state index contributed by atoms with van der Waals surface area (Å²) in [6.07, 6.45) is -2.42. The lowest BCUT2D eigenvalue weighted by atomic mass is 10.2. The molecule has 0 saturated heterocycles. The minimum absolute atomic E-state index is 0.103. The van der Waals surface area contributed by atoms with Crippen LogP contribution in [0.5, 0.6) is 0 Å². The van der Waals surface area contributed by atoms with E-state index >= 15 is 0 Å². The van der Waals surface area contributed by atoms with Crippen molar-refractivity contribution < 1.29 is 22.4 Å². The lowest BCUT2D eigenvalue weighted by Crippen LogP contribution is -2.16. The summed E-state index contributed by atoms with van der Waals surface area (Å²) < 4.78 is 45.5. The topological polar surface area (TPSA) is 85.8 Å². The number of para-hydroxylation sites is 1. The van der Waals surface area contributed by atoms with Crippen molar-refractivity contribution in [1.82, 2.24) is 19.7 Å². The first-order valence-electron chi connectivity index (χ1n) is 9.44. The number of halogens is 4. The number of carbonyl (C=O) groups is 1. The third-order valence-electron chi connectivity index (χ3n) is 4.51. The summed E-state index contributed by atoms with van der Waals surface area (Å²) in [5.74, 6) is 0.431. The van der Waals surface area contributed by atoms with Crippen molar-refractivity contribution >= 4 is 35.1 Å². The molecule has 0 aliphatic rings. The van der Waals surface area contributed by atoms with Crippen LogP contribution in [-0.2, 0) is 11.0 Å². The molecule has 0 atom stereocenters. The van der Waals surface area contributed by atoms with E-state index in [-0.39, 0.29) is 16.6 Å². The van der Waals surface area contributed by atoms with Gasteiger partial charge >= 0.3 is 6.18 Å². The lowest BCUT2D eigenvalue weighted by molar-refractivity contribution is -0.137. The minimum Gasteiger partial charge on any atom is -0.469 e. The van der Waals surface area contributed by atoms with Gasteiger partial charge in [-0.25, -0.2) is 4.98 Å². The molecule has 0 radical (unpaired) electrons. The number of furan rings is 1. The molecule has 3 heterocycles. The third-order valence-corrected chi connectivity index (χ3v) is 5.72. The Balaban J connectivity index is 1.54. The van der Waals surface area contributed by atoms with Crippen LogP contribution >= 0.6 is 23.4 Å². The number of hydrogen-bond donors (Lipinski definition) is 1. The first-order valence-corrected chi connectivity index (χ1v) is 10.8. The number of pyridine rings is 1. The van der Waals surface area contributed by atoms with Crippen molar-refractivity contribution in [2.75, 3.05) is 11.1 Å². The molecule has 4 aromatic rings.